The molecular formula is C15H23NO3. The van der Waals surface area contributed by atoms with Crippen molar-refractivity contribution in [2.75, 3.05) is 20.1 Å². The first-order valence-corrected chi connectivity index (χ1v) is 6.58. The lowest BCUT2D eigenvalue weighted by molar-refractivity contribution is 0.0239. The summed E-state index contributed by atoms with van der Waals surface area (Å²) >= 11 is 0. The largest absolute Gasteiger partial charge is 0.478 e. The zero-order valence-electron chi connectivity index (χ0n) is 11.9. The highest BCUT2D eigenvalue weighted by Crippen LogP contribution is 2.12. The standard InChI is InChI=1S/C15H23NO3/c1-4-15(2,19)11-16(3)10-9-12-7-5-6-8-13(12)14(17)18/h5-8,19H,4,9-11H2,1-3H3,(H,17,18). The predicted molar refractivity (Wildman–Crippen MR) is 75.5 cm³/mol. The SMILES string of the molecule is CCC(C)(O)CN(C)CCc1ccccc1C(=O)O. The zero-order chi connectivity index (χ0) is 14.5. The first kappa shape index (κ1) is 15.7. The summed E-state index contributed by atoms with van der Waals surface area (Å²) < 4.78 is 0. The molecule has 1 rings (SSSR count). The third kappa shape index (κ3) is 5.01. The minimum absolute atomic E-state index is 0.359. The van der Waals surface area contributed by atoms with Gasteiger partial charge in [0.15, 0.2) is 0 Å². The first-order chi connectivity index (χ1) is 8.85. The molecule has 106 valence electrons. The molecule has 1 unspecified atom stereocenters. The summed E-state index contributed by atoms with van der Waals surface area (Å²) in [5.74, 6) is -0.890. The molecule has 4 heteroatoms. The van der Waals surface area contributed by atoms with Crippen molar-refractivity contribution in [1.82, 2.24) is 4.90 Å². The topological polar surface area (TPSA) is 60.8 Å². The van der Waals surface area contributed by atoms with Crippen LogP contribution >= 0.6 is 0 Å². The van der Waals surface area contributed by atoms with Crippen LogP contribution in [0.4, 0.5) is 0 Å². The maximum absolute atomic E-state index is 11.1. The van der Waals surface area contributed by atoms with Gasteiger partial charge in [-0.2, -0.15) is 0 Å². The molecule has 0 aromatic heterocycles. The second-order valence-corrected chi connectivity index (χ2v) is 5.30. The number of carbonyl (C=O) groups is 1. The number of hydrogen-bond donors (Lipinski definition) is 2. The van der Waals surface area contributed by atoms with Crippen molar-refractivity contribution in [3.63, 3.8) is 0 Å². The summed E-state index contributed by atoms with van der Waals surface area (Å²) in [5.41, 5.74) is 0.497. The number of aliphatic hydroxyl groups is 1. The van der Waals surface area contributed by atoms with Gasteiger partial charge in [0.2, 0.25) is 0 Å². The molecule has 0 radical (unpaired) electrons. The van der Waals surface area contributed by atoms with Gasteiger partial charge < -0.3 is 15.1 Å². The predicted octanol–water partition coefficient (Wildman–Crippen LogP) is 2.02. The molecule has 1 atom stereocenters. The maximum atomic E-state index is 11.1. The molecule has 0 heterocycles. The molecule has 0 aliphatic rings. The number of carboxylic acid groups (broad SMARTS) is 1. The highest BCUT2D eigenvalue weighted by Gasteiger charge is 2.20. The molecular weight excluding hydrogens is 242 g/mol. The average Bonchev–Trinajstić information content (AvgIpc) is 2.36. The third-order valence-electron chi connectivity index (χ3n) is 3.38. The summed E-state index contributed by atoms with van der Waals surface area (Å²) in [6.45, 7) is 5.07. The van der Waals surface area contributed by atoms with Crippen molar-refractivity contribution >= 4 is 5.97 Å². The van der Waals surface area contributed by atoms with E-state index in [0.29, 0.717) is 24.9 Å². The van der Waals surface area contributed by atoms with Gasteiger partial charge in [-0.3, -0.25) is 0 Å². The lowest BCUT2D eigenvalue weighted by Gasteiger charge is -2.28. The molecule has 0 aliphatic carbocycles. The Kier molecular flexibility index (Phi) is 5.51. The molecule has 2 N–H and O–H groups in total. The van der Waals surface area contributed by atoms with E-state index in [1.165, 1.54) is 0 Å². The number of nitrogens with zero attached hydrogens (tertiary/aromatic N) is 1. The Hall–Kier alpha value is -1.39. The van der Waals surface area contributed by atoms with E-state index in [9.17, 15) is 9.90 Å². The van der Waals surface area contributed by atoms with Gasteiger partial charge in [0.25, 0.3) is 0 Å². The van der Waals surface area contributed by atoms with Crippen LogP contribution in [-0.4, -0.2) is 46.8 Å². The Morgan fingerprint density at radius 3 is 2.58 bits per heavy atom. The van der Waals surface area contributed by atoms with Gasteiger partial charge in [-0.15, -0.1) is 0 Å². The molecule has 0 aliphatic heterocycles. The molecule has 0 bridgehead atoms. The van der Waals surface area contributed by atoms with Crippen molar-refractivity contribution in [2.45, 2.75) is 32.3 Å². The lowest BCUT2D eigenvalue weighted by atomic mass is 10.0. The number of hydrogen-bond acceptors (Lipinski definition) is 3. The van der Waals surface area contributed by atoms with Crippen LogP contribution in [0.3, 0.4) is 0 Å². The van der Waals surface area contributed by atoms with E-state index in [1.807, 2.05) is 37.9 Å². The van der Waals surface area contributed by atoms with Gasteiger partial charge in [-0.25, -0.2) is 4.79 Å². The van der Waals surface area contributed by atoms with Crippen molar-refractivity contribution < 1.29 is 15.0 Å². The fourth-order valence-electron chi connectivity index (χ4n) is 2.03. The second kappa shape index (κ2) is 6.68. The van der Waals surface area contributed by atoms with E-state index in [1.54, 1.807) is 12.1 Å². The van der Waals surface area contributed by atoms with Crippen LogP contribution in [0.15, 0.2) is 24.3 Å². The van der Waals surface area contributed by atoms with Gasteiger partial charge in [0.05, 0.1) is 11.2 Å². The normalized spacial score (nSPS) is 14.4. The molecule has 0 saturated heterocycles. The molecule has 19 heavy (non-hydrogen) atoms. The molecule has 0 spiro atoms. The molecule has 0 fully saturated rings. The summed E-state index contributed by atoms with van der Waals surface area (Å²) in [7, 11) is 1.94. The quantitative estimate of drug-likeness (QED) is 0.792. The van der Waals surface area contributed by atoms with Crippen LogP contribution < -0.4 is 0 Å². The average molecular weight is 265 g/mol. The van der Waals surface area contributed by atoms with Gasteiger partial charge in [0.1, 0.15) is 0 Å². The summed E-state index contributed by atoms with van der Waals surface area (Å²) in [5, 5.41) is 19.1. The molecule has 1 aromatic carbocycles. The van der Waals surface area contributed by atoms with Crippen LogP contribution in [0.2, 0.25) is 0 Å². The van der Waals surface area contributed by atoms with E-state index in [4.69, 9.17) is 5.11 Å². The highest BCUT2D eigenvalue weighted by atomic mass is 16.4. The number of rotatable bonds is 7. The summed E-state index contributed by atoms with van der Waals surface area (Å²) in [4.78, 5) is 13.1. The lowest BCUT2D eigenvalue weighted by Crippen LogP contribution is -2.39. The van der Waals surface area contributed by atoms with E-state index in [2.05, 4.69) is 0 Å². The molecule has 0 saturated carbocycles. The Bertz CT molecular complexity index is 429. The van der Waals surface area contributed by atoms with Crippen LogP contribution in [0.5, 0.6) is 0 Å². The van der Waals surface area contributed by atoms with Crippen molar-refractivity contribution in [1.29, 1.82) is 0 Å². The van der Waals surface area contributed by atoms with Gasteiger partial charge in [-0.05, 0) is 38.4 Å². The number of carboxylic acids is 1. The Morgan fingerprint density at radius 2 is 2.00 bits per heavy atom. The fraction of sp³-hybridized carbons (Fsp3) is 0.533. The Labute approximate surface area is 114 Å². The number of likely N-dealkylation sites (N-methyl/N-ethyl adjacent to an activating group) is 1. The van der Waals surface area contributed by atoms with Gasteiger partial charge in [0, 0.05) is 13.1 Å². The first-order valence-electron chi connectivity index (χ1n) is 6.58. The minimum Gasteiger partial charge on any atom is -0.478 e. The highest BCUT2D eigenvalue weighted by molar-refractivity contribution is 5.89. The van der Waals surface area contributed by atoms with E-state index >= 15 is 0 Å². The third-order valence-corrected chi connectivity index (χ3v) is 3.38. The van der Waals surface area contributed by atoms with Gasteiger partial charge >= 0.3 is 5.97 Å². The van der Waals surface area contributed by atoms with E-state index in [0.717, 1.165) is 12.1 Å². The van der Waals surface area contributed by atoms with E-state index in [-0.39, 0.29) is 0 Å². The minimum atomic E-state index is -0.890. The van der Waals surface area contributed by atoms with Crippen molar-refractivity contribution in [3.05, 3.63) is 35.4 Å². The van der Waals surface area contributed by atoms with Crippen molar-refractivity contribution in [2.24, 2.45) is 0 Å². The van der Waals surface area contributed by atoms with E-state index < -0.39 is 11.6 Å². The maximum Gasteiger partial charge on any atom is 0.335 e. The Balaban J connectivity index is 2.60. The van der Waals surface area contributed by atoms with Crippen LogP contribution in [0, 0.1) is 0 Å². The summed E-state index contributed by atoms with van der Waals surface area (Å²) in [6, 6.07) is 7.05. The fourth-order valence-corrected chi connectivity index (χ4v) is 2.03. The smallest absolute Gasteiger partial charge is 0.335 e. The Morgan fingerprint density at radius 1 is 1.37 bits per heavy atom. The molecule has 0 amide bonds. The number of aromatic carboxylic acids is 1. The number of benzene rings is 1. The molecule has 4 nitrogen and oxygen atoms in total. The van der Waals surface area contributed by atoms with Crippen LogP contribution in [0.1, 0.15) is 36.2 Å². The van der Waals surface area contributed by atoms with Gasteiger partial charge in [-0.1, -0.05) is 25.1 Å². The second-order valence-electron chi connectivity index (χ2n) is 5.30. The zero-order valence-corrected chi connectivity index (χ0v) is 11.9. The molecule has 1 aromatic rings. The van der Waals surface area contributed by atoms with Crippen molar-refractivity contribution in [3.8, 4) is 0 Å². The van der Waals surface area contributed by atoms with Crippen LogP contribution in [-0.2, 0) is 6.42 Å². The monoisotopic (exact) mass is 265 g/mol. The van der Waals surface area contributed by atoms with Crippen LogP contribution in [0.25, 0.3) is 0 Å². The summed E-state index contributed by atoms with van der Waals surface area (Å²) in [6.07, 6.45) is 1.36.